The Bertz CT molecular complexity index is 397. The molecule has 1 rings (SSSR count). The molecule has 3 nitrogen and oxygen atoms in total. The molecule has 0 aromatic carbocycles. The summed E-state index contributed by atoms with van der Waals surface area (Å²) in [6.07, 6.45) is 0. The number of nitrogen functional groups attached to an aromatic ring is 1. The Morgan fingerprint density at radius 1 is 1.62 bits per heavy atom. The van der Waals surface area contributed by atoms with Crippen molar-refractivity contribution >= 4 is 42.1 Å². The highest BCUT2D eigenvalue weighted by molar-refractivity contribution is 9.11. The number of hydrogen-bond acceptors (Lipinski definition) is 4. The van der Waals surface area contributed by atoms with Gasteiger partial charge < -0.3 is 5.73 Å². The third-order valence-electron chi connectivity index (χ3n) is 1.63. The second kappa shape index (κ2) is 3.98. The molecule has 0 radical (unpaired) electrons. The molecule has 13 heavy (non-hydrogen) atoms. The fourth-order valence-corrected chi connectivity index (χ4v) is 3.34. The number of anilines is 1. The molecule has 2 N–H and O–H groups in total. The number of sulfone groups is 1. The summed E-state index contributed by atoms with van der Waals surface area (Å²) in [5.41, 5.74) is 6.32. The van der Waals surface area contributed by atoms with E-state index >= 15 is 0 Å². The lowest BCUT2D eigenvalue weighted by Crippen LogP contribution is -2.06. The number of hydrogen-bond donors (Lipinski definition) is 1. The van der Waals surface area contributed by atoms with Crippen LogP contribution in [0.15, 0.2) is 9.85 Å². The van der Waals surface area contributed by atoms with Gasteiger partial charge in [-0.25, -0.2) is 8.42 Å². The number of thiophene rings is 1. The molecule has 0 saturated carbocycles. The Kier molecular flexibility index (Phi) is 3.37. The van der Waals surface area contributed by atoms with Crippen LogP contribution in [-0.4, -0.2) is 14.2 Å². The van der Waals surface area contributed by atoms with Crippen molar-refractivity contribution in [3.05, 3.63) is 15.4 Å². The minimum atomic E-state index is -2.98. The van der Waals surface area contributed by atoms with Gasteiger partial charge in [-0.2, -0.15) is 0 Å². The first-order valence-corrected chi connectivity index (χ1v) is 7.12. The van der Waals surface area contributed by atoms with Gasteiger partial charge in [-0.1, -0.05) is 6.92 Å². The Balaban J connectivity index is 2.92. The van der Waals surface area contributed by atoms with Gasteiger partial charge in [0, 0.05) is 11.3 Å². The molecule has 0 spiro atoms. The summed E-state index contributed by atoms with van der Waals surface area (Å²) in [6.45, 7) is 1.63. The van der Waals surface area contributed by atoms with Crippen molar-refractivity contribution in [2.75, 3.05) is 11.5 Å². The summed E-state index contributed by atoms with van der Waals surface area (Å²) in [7, 11) is -2.98. The van der Waals surface area contributed by atoms with Crippen LogP contribution in [-0.2, 0) is 15.6 Å². The molecule has 1 heterocycles. The van der Waals surface area contributed by atoms with Crippen molar-refractivity contribution in [2.45, 2.75) is 12.7 Å². The lowest BCUT2D eigenvalue weighted by molar-refractivity contribution is 0.596. The van der Waals surface area contributed by atoms with Crippen LogP contribution >= 0.6 is 27.3 Å². The number of halogens is 1. The molecule has 0 unspecified atom stereocenters. The third-order valence-corrected chi connectivity index (χ3v) is 4.77. The fourth-order valence-electron chi connectivity index (χ4n) is 0.860. The van der Waals surface area contributed by atoms with Gasteiger partial charge in [0.2, 0.25) is 0 Å². The molecule has 0 bridgehead atoms. The zero-order valence-corrected chi connectivity index (χ0v) is 10.3. The van der Waals surface area contributed by atoms with Crippen molar-refractivity contribution in [1.82, 2.24) is 0 Å². The van der Waals surface area contributed by atoms with Crippen LogP contribution in [0.3, 0.4) is 0 Å². The largest absolute Gasteiger partial charge is 0.390 e. The topological polar surface area (TPSA) is 60.2 Å². The Labute approximate surface area is 90.0 Å². The zero-order chi connectivity index (χ0) is 10.1. The minimum Gasteiger partial charge on any atom is -0.390 e. The normalized spacial score (nSPS) is 11.8. The number of nitrogens with two attached hydrogens (primary N) is 1. The average molecular weight is 284 g/mol. The molecule has 0 aliphatic carbocycles. The summed E-state index contributed by atoms with van der Waals surface area (Å²) in [5, 5.41) is 0.573. The summed E-state index contributed by atoms with van der Waals surface area (Å²) in [6, 6.07) is 1.76. The van der Waals surface area contributed by atoms with Crippen LogP contribution in [0.4, 0.5) is 5.00 Å². The SMILES string of the molecule is CCS(=O)(=O)Cc1cc(Br)sc1N. The smallest absolute Gasteiger partial charge is 0.154 e. The molecule has 0 aliphatic heterocycles. The highest BCUT2D eigenvalue weighted by Crippen LogP contribution is 2.30. The first kappa shape index (κ1) is 11.0. The van der Waals surface area contributed by atoms with Gasteiger partial charge in [0.15, 0.2) is 9.84 Å². The van der Waals surface area contributed by atoms with E-state index in [0.29, 0.717) is 10.6 Å². The maximum atomic E-state index is 11.3. The lowest BCUT2D eigenvalue weighted by atomic mass is 10.4. The van der Waals surface area contributed by atoms with E-state index in [-0.39, 0.29) is 11.5 Å². The van der Waals surface area contributed by atoms with Crippen LogP contribution < -0.4 is 5.73 Å². The van der Waals surface area contributed by atoms with E-state index in [1.54, 1.807) is 13.0 Å². The Morgan fingerprint density at radius 2 is 2.23 bits per heavy atom. The van der Waals surface area contributed by atoms with E-state index in [9.17, 15) is 8.42 Å². The number of rotatable bonds is 3. The van der Waals surface area contributed by atoms with E-state index in [1.807, 2.05) is 0 Å². The maximum absolute atomic E-state index is 11.3. The summed E-state index contributed by atoms with van der Waals surface area (Å²) >= 11 is 4.61. The van der Waals surface area contributed by atoms with Crippen LogP contribution in [0.25, 0.3) is 0 Å². The van der Waals surface area contributed by atoms with Gasteiger partial charge in [-0.3, -0.25) is 0 Å². The summed E-state index contributed by atoms with van der Waals surface area (Å²) in [4.78, 5) is 0. The molecule has 0 amide bonds. The monoisotopic (exact) mass is 283 g/mol. The van der Waals surface area contributed by atoms with E-state index in [1.165, 1.54) is 11.3 Å². The zero-order valence-electron chi connectivity index (χ0n) is 7.08. The minimum absolute atomic E-state index is 0.0391. The highest BCUT2D eigenvalue weighted by atomic mass is 79.9. The molecular weight excluding hydrogens is 274 g/mol. The highest BCUT2D eigenvalue weighted by Gasteiger charge is 2.13. The Morgan fingerprint density at radius 3 is 2.62 bits per heavy atom. The predicted octanol–water partition coefficient (Wildman–Crippen LogP) is 2.03. The molecule has 1 aromatic heterocycles. The first-order valence-electron chi connectivity index (χ1n) is 3.68. The van der Waals surface area contributed by atoms with Crippen molar-refractivity contribution in [2.24, 2.45) is 0 Å². The van der Waals surface area contributed by atoms with Crippen molar-refractivity contribution in [3.8, 4) is 0 Å². The van der Waals surface area contributed by atoms with Crippen LogP contribution in [0.5, 0.6) is 0 Å². The Hall–Kier alpha value is -0.0700. The average Bonchev–Trinajstić information content (AvgIpc) is 2.30. The fraction of sp³-hybridized carbons (Fsp3) is 0.429. The second-order valence-electron chi connectivity index (χ2n) is 2.62. The van der Waals surface area contributed by atoms with Crippen molar-refractivity contribution < 1.29 is 8.42 Å². The van der Waals surface area contributed by atoms with Gasteiger partial charge in [0.25, 0.3) is 0 Å². The van der Waals surface area contributed by atoms with E-state index in [4.69, 9.17) is 5.73 Å². The van der Waals surface area contributed by atoms with Gasteiger partial charge in [-0.15, -0.1) is 11.3 Å². The van der Waals surface area contributed by atoms with E-state index < -0.39 is 9.84 Å². The molecule has 74 valence electrons. The summed E-state index contributed by atoms with van der Waals surface area (Å²) in [5.74, 6) is 0.192. The standard InChI is InChI=1S/C7H10BrNO2S2/c1-2-13(10,11)4-5-3-6(8)12-7(5)9/h3H,2,4,9H2,1H3. The third kappa shape index (κ3) is 2.96. The quantitative estimate of drug-likeness (QED) is 0.923. The van der Waals surface area contributed by atoms with Crippen molar-refractivity contribution in [1.29, 1.82) is 0 Å². The predicted molar refractivity (Wildman–Crippen MR) is 59.6 cm³/mol. The maximum Gasteiger partial charge on any atom is 0.154 e. The van der Waals surface area contributed by atoms with Crippen LogP contribution in [0.2, 0.25) is 0 Å². The first-order chi connectivity index (χ1) is 5.94. The molecule has 0 fully saturated rings. The van der Waals surface area contributed by atoms with Crippen LogP contribution in [0, 0.1) is 0 Å². The van der Waals surface area contributed by atoms with Crippen LogP contribution in [0.1, 0.15) is 12.5 Å². The molecule has 6 heteroatoms. The summed E-state index contributed by atoms with van der Waals surface area (Å²) < 4.78 is 23.4. The molecule has 0 saturated heterocycles. The molecular formula is C7H10BrNO2S2. The molecule has 0 atom stereocenters. The van der Waals surface area contributed by atoms with Gasteiger partial charge >= 0.3 is 0 Å². The van der Waals surface area contributed by atoms with Gasteiger partial charge in [0.05, 0.1) is 14.5 Å². The second-order valence-corrected chi connectivity index (χ2v) is 7.43. The molecule has 0 aliphatic rings. The van der Waals surface area contributed by atoms with E-state index in [2.05, 4.69) is 15.9 Å². The molecule has 1 aromatic rings. The van der Waals surface area contributed by atoms with Gasteiger partial charge in [-0.05, 0) is 22.0 Å². The van der Waals surface area contributed by atoms with Crippen molar-refractivity contribution in [3.63, 3.8) is 0 Å². The van der Waals surface area contributed by atoms with Gasteiger partial charge in [0.1, 0.15) is 0 Å². The lowest BCUT2D eigenvalue weighted by Gasteiger charge is -1.99. The van der Waals surface area contributed by atoms with E-state index in [0.717, 1.165) is 3.79 Å².